The molecule has 2 heterocycles. The van der Waals surface area contributed by atoms with Crippen molar-refractivity contribution in [3.63, 3.8) is 0 Å². The Labute approximate surface area is 135 Å². The number of ketones is 1. The van der Waals surface area contributed by atoms with Crippen LogP contribution in [0.1, 0.15) is 39.0 Å². The predicted octanol–water partition coefficient (Wildman–Crippen LogP) is 2.44. The van der Waals surface area contributed by atoms with Gasteiger partial charge in [0.2, 0.25) is 0 Å². The number of hydrogen-bond donors (Lipinski definition) is 0. The Kier molecular flexibility index (Phi) is 3.76. The van der Waals surface area contributed by atoms with E-state index in [0.717, 1.165) is 32.1 Å². The highest BCUT2D eigenvalue weighted by Crippen LogP contribution is 2.64. The summed E-state index contributed by atoms with van der Waals surface area (Å²) in [5, 5.41) is 0.990. The molecule has 122 valence electrons. The summed E-state index contributed by atoms with van der Waals surface area (Å²) in [6.07, 6.45) is 4.97. The molecule has 5 aliphatic rings. The van der Waals surface area contributed by atoms with E-state index < -0.39 is 0 Å². The Morgan fingerprint density at radius 2 is 1.55 bits per heavy atom. The van der Waals surface area contributed by atoms with Crippen molar-refractivity contribution in [1.82, 2.24) is 0 Å². The third-order valence-electron chi connectivity index (χ3n) is 6.35. The molecule has 0 aromatic rings. The van der Waals surface area contributed by atoms with Crippen LogP contribution in [0.4, 0.5) is 0 Å². The van der Waals surface area contributed by atoms with Crippen LogP contribution in [0, 0.1) is 23.7 Å². The van der Waals surface area contributed by atoms with Crippen LogP contribution < -0.4 is 0 Å². The average Bonchev–Trinajstić information content (AvgIpc) is 3.23. The van der Waals surface area contributed by atoms with Gasteiger partial charge in [-0.1, -0.05) is 0 Å². The predicted molar refractivity (Wildman–Crippen MR) is 83.6 cm³/mol. The van der Waals surface area contributed by atoms with E-state index in [1.54, 1.807) is 14.0 Å². The molecule has 0 radical (unpaired) electrons. The molecule has 0 spiro atoms. The molecule has 4 nitrogen and oxygen atoms in total. The zero-order chi connectivity index (χ0) is 15.4. The minimum absolute atomic E-state index is 0.00940. The first-order chi connectivity index (χ1) is 10.6. The van der Waals surface area contributed by atoms with E-state index >= 15 is 0 Å². The lowest BCUT2D eigenvalue weighted by Crippen LogP contribution is -2.39. The van der Waals surface area contributed by atoms with Gasteiger partial charge in [-0.15, -0.1) is 11.8 Å². The summed E-state index contributed by atoms with van der Waals surface area (Å²) in [4.78, 5) is 23.9. The molecule has 2 aliphatic heterocycles. The quantitative estimate of drug-likeness (QED) is 0.744. The molecule has 0 amide bonds. The van der Waals surface area contributed by atoms with E-state index in [-0.39, 0.29) is 29.7 Å². The standard InChI is InChI=1S/C17H24O4S/c1-8(18)9-3-5-10(6-4-9)17(19)21-14-12-7-11-13(20-2)15(12)22-16(11)14/h9-16H,3-7H2,1-2H3/t9?,10?,11-,12-,13?,14?,15?,16?/m1/s1. The lowest BCUT2D eigenvalue weighted by Gasteiger charge is -2.29. The van der Waals surface area contributed by atoms with Crippen LogP contribution in [-0.4, -0.2) is 41.6 Å². The molecule has 0 aromatic carbocycles. The van der Waals surface area contributed by atoms with Crippen LogP contribution >= 0.6 is 11.8 Å². The van der Waals surface area contributed by atoms with Crippen molar-refractivity contribution in [3.05, 3.63) is 0 Å². The van der Waals surface area contributed by atoms with Crippen LogP contribution in [-0.2, 0) is 19.1 Å². The topological polar surface area (TPSA) is 52.6 Å². The van der Waals surface area contributed by atoms with E-state index in [2.05, 4.69) is 0 Å². The molecule has 0 aromatic heterocycles. The molecule has 4 bridgehead atoms. The van der Waals surface area contributed by atoms with E-state index in [9.17, 15) is 9.59 Å². The van der Waals surface area contributed by atoms with Gasteiger partial charge in [0, 0.05) is 35.4 Å². The van der Waals surface area contributed by atoms with Crippen molar-refractivity contribution in [2.24, 2.45) is 23.7 Å². The third kappa shape index (κ3) is 2.15. The number of ether oxygens (including phenoxy) is 2. The Morgan fingerprint density at radius 3 is 2.05 bits per heavy atom. The SMILES string of the molecule is COC1C2SC3C(OC(=O)C4CCC(C(C)=O)CC4)[C@H]2C[C@H]13. The summed E-state index contributed by atoms with van der Waals surface area (Å²) >= 11 is 1.98. The first-order valence-electron chi connectivity index (χ1n) is 8.49. The number of carbonyl (C=O) groups excluding carboxylic acids is 2. The number of rotatable bonds is 4. The second-order valence-electron chi connectivity index (χ2n) is 7.39. The van der Waals surface area contributed by atoms with Crippen molar-refractivity contribution in [1.29, 1.82) is 0 Å². The van der Waals surface area contributed by atoms with Crippen molar-refractivity contribution in [3.8, 4) is 0 Å². The van der Waals surface area contributed by atoms with Crippen LogP contribution in [0.15, 0.2) is 0 Å². The zero-order valence-electron chi connectivity index (χ0n) is 13.2. The smallest absolute Gasteiger partial charge is 0.309 e. The summed E-state index contributed by atoms with van der Waals surface area (Å²) in [5.74, 6) is 1.51. The monoisotopic (exact) mass is 324 g/mol. The van der Waals surface area contributed by atoms with Crippen LogP contribution in [0.5, 0.6) is 0 Å². The van der Waals surface area contributed by atoms with Gasteiger partial charge in [0.15, 0.2) is 0 Å². The lowest BCUT2D eigenvalue weighted by atomic mass is 9.80. The summed E-state index contributed by atoms with van der Waals surface area (Å²) in [5.41, 5.74) is 0. The normalized spacial score (nSPS) is 48.8. The minimum atomic E-state index is -0.0141. The molecule has 5 heteroatoms. The Hall–Kier alpha value is -0.550. The highest BCUT2D eigenvalue weighted by molar-refractivity contribution is 8.01. The zero-order valence-corrected chi connectivity index (χ0v) is 14.0. The molecular formula is C17H24O4S. The fourth-order valence-corrected chi connectivity index (χ4v) is 7.35. The maximum atomic E-state index is 12.5. The van der Waals surface area contributed by atoms with Gasteiger partial charge in [0.1, 0.15) is 11.9 Å². The van der Waals surface area contributed by atoms with Crippen LogP contribution in [0.2, 0.25) is 0 Å². The summed E-state index contributed by atoms with van der Waals surface area (Å²) < 4.78 is 11.5. The van der Waals surface area contributed by atoms with Crippen molar-refractivity contribution < 1.29 is 19.1 Å². The van der Waals surface area contributed by atoms with Gasteiger partial charge in [-0.2, -0.15) is 0 Å². The van der Waals surface area contributed by atoms with Crippen molar-refractivity contribution in [2.75, 3.05) is 7.11 Å². The number of thioether (sulfide) groups is 1. The molecule has 4 unspecified atom stereocenters. The van der Waals surface area contributed by atoms with Crippen LogP contribution in [0.3, 0.4) is 0 Å². The highest BCUT2D eigenvalue weighted by Gasteiger charge is 2.67. The lowest BCUT2D eigenvalue weighted by molar-refractivity contribution is -0.158. The average molecular weight is 324 g/mol. The van der Waals surface area contributed by atoms with Crippen LogP contribution in [0.25, 0.3) is 0 Å². The first-order valence-corrected chi connectivity index (χ1v) is 9.43. The number of hydrogen-bond acceptors (Lipinski definition) is 5. The van der Waals surface area contributed by atoms with Gasteiger partial charge in [-0.25, -0.2) is 0 Å². The fourth-order valence-electron chi connectivity index (χ4n) is 5.17. The first kappa shape index (κ1) is 15.0. The molecule has 22 heavy (non-hydrogen) atoms. The van der Waals surface area contributed by atoms with Crippen molar-refractivity contribution >= 4 is 23.5 Å². The van der Waals surface area contributed by atoms with Gasteiger partial charge in [-0.3, -0.25) is 9.59 Å². The molecule has 6 atom stereocenters. The van der Waals surface area contributed by atoms with Crippen molar-refractivity contribution in [2.45, 2.75) is 61.7 Å². The second kappa shape index (κ2) is 5.52. The molecule has 3 saturated carbocycles. The summed E-state index contributed by atoms with van der Waals surface area (Å²) in [6, 6.07) is 0. The van der Waals surface area contributed by atoms with E-state index in [1.807, 2.05) is 11.8 Å². The number of carbonyl (C=O) groups is 2. The van der Waals surface area contributed by atoms with Gasteiger partial charge in [0.25, 0.3) is 0 Å². The third-order valence-corrected chi connectivity index (χ3v) is 8.22. The highest BCUT2D eigenvalue weighted by atomic mass is 32.2. The van der Waals surface area contributed by atoms with E-state index in [1.165, 1.54) is 0 Å². The number of methoxy groups -OCH3 is 1. The minimum Gasteiger partial charge on any atom is -0.461 e. The van der Waals surface area contributed by atoms with E-state index in [4.69, 9.17) is 9.47 Å². The van der Waals surface area contributed by atoms with Gasteiger partial charge in [-0.05, 0) is 39.0 Å². The molecule has 3 aliphatic carbocycles. The summed E-state index contributed by atoms with van der Waals surface area (Å²) in [6.45, 7) is 1.66. The Balaban J connectivity index is 1.33. The molecule has 2 saturated heterocycles. The second-order valence-corrected chi connectivity index (χ2v) is 8.75. The van der Waals surface area contributed by atoms with E-state index in [0.29, 0.717) is 28.4 Å². The molecular weight excluding hydrogens is 300 g/mol. The molecule has 5 rings (SSSR count). The fraction of sp³-hybridized carbons (Fsp3) is 0.882. The summed E-state index contributed by atoms with van der Waals surface area (Å²) in [7, 11) is 1.80. The maximum Gasteiger partial charge on any atom is 0.309 e. The Morgan fingerprint density at radius 1 is 0.955 bits per heavy atom. The number of Topliss-reactive ketones (excluding diaryl/α,β-unsaturated/α-hetero) is 1. The molecule has 5 fully saturated rings. The maximum absolute atomic E-state index is 12.5. The molecule has 0 N–H and O–H groups in total. The van der Waals surface area contributed by atoms with Gasteiger partial charge < -0.3 is 9.47 Å². The van der Waals surface area contributed by atoms with Gasteiger partial charge >= 0.3 is 5.97 Å². The largest absolute Gasteiger partial charge is 0.461 e. The van der Waals surface area contributed by atoms with Gasteiger partial charge in [0.05, 0.1) is 12.0 Å². The Bertz CT molecular complexity index is 467. The number of esters is 1.